The minimum Gasteiger partial charge on any atom is -0.379 e. The van der Waals surface area contributed by atoms with Crippen molar-refractivity contribution in [3.8, 4) is 0 Å². The number of amides is 1. The number of anilines is 1. The molecule has 1 amide bonds. The van der Waals surface area contributed by atoms with E-state index in [0.717, 1.165) is 0 Å². The molecule has 0 aromatic carbocycles. The second kappa shape index (κ2) is 5.23. The molecule has 0 aliphatic carbocycles. The summed E-state index contributed by atoms with van der Waals surface area (Å²) in [7, 11) is 0. The Bertz CT molecular complexity index is 416. The van der Waals surface area contributed by atoms with Gasteiger partial charge in [-0.2, -0.15) is 13.2 Å². The van der Waals surface area contributed by atoms with E-state index in [2.05, 4.69) is 14.9 Å². The Hall–Kier alpha value is -1.80. The van der Waals surface area contributed by atoms with Crippen LogP contribution in [0.1, 0.15) is 24.3 Å². The monoisotopic (exact) mass is 266 g/mol. The molecular weight excluding hydrogens is 253 g/mol. The fraction of sp³-hybridized carbons (Fsp3) is 0.667. The molecule has 0 saturated carbocycles. The minimum atomic E-state index is -4.49. The molecule has 0 bridgehead atoms. The first-order valence-electron chi connectivity index (χ1n) is 5.14. The predicted molar refractivity (Wildman–Crippen MR) is 55.5 cm³/mol. The Morgan fingerprint density at radius 1 is 1.44 bits per heavy atom. The summed E-state index contributed by atoms with van der Waals surface area (Å²) in [5.41, 5.74) is 4.87. The van der Waals surface area contributed by atoms with E-state index in [1.807, 2.05) is 0 Å². The third-order valence-electron chi connectivity index (χ3n) is 1.96. The summed E-state index contributed by atoms with van der Waals surface area (Å²) >= 11 is 0. The van der Waals surface area contributed by atoms with Crippen LogP contribution >= 0.6 is 0 Å². The van der Waals surface area contributed by atoms with Gasteiger partial charge in [0.15, 0.2) is 0 Å². The Labute approximate surface area is 101 Å². The van der Waals surface area contributed by atoms with E-state index in [9.17, 15) is 18.0 Å². The van der Waals surface area contributed by atoms with Crippen LogP contribution in [0.3, 0.4) is 0 Å². The maximum Gasteiger partial charge on any atom is 0.406 e. The quantitative estimate of drug-likeness (QED) is 0.888. The molecule has 0 unspecified atom stereocenters. The Balaban J connectivity index is 2.89. The summed E-state index contributed by atoms with van der Waals surface area (Å²) in [5.74, 6) is -1.40. The number of nitrogens with two attached hydrogens (primary N) is 1. The second-order valence-corrected chi connectivity index (χ2v) is 4.19. The average molecular weight is 266 g/mol. The number of rotatable bonds is 4. The molecule has 9 heteroatoms. The highest BCUT2D eigenvalue weighted by atomic mass is 19.4. The van der Waals surface area contributed by atoms with Gasteiger partial charge < -0.3 is 10.6 Å². The maximum absolute atomic E-state index is 12.4. The SMILES string of the molecule is CC(C)CN(CC(F)(F)F)C(=O)c1nonc1N. The zero-order chi connectivity index (χ0) is 13.9. The number of nitrogen functional groups attached to an aromatic ring is 1. The highest BCUT2D eigenvalue weighted by Gasteiger charge is 2.35. The largest absolute Gasteiger partial charge is 0.406 e. The summed E-state index contributed by atoms with van der Waals surface area (Å²) in [6, 6.07) is 0. The Morgan fingerprint density at radius 2 is 2.06 bits per heavy atom. The molecule has 102 valence electrons. The van der Waals surface area contributed by atoms with Gasteiger partial charge in [-0.15, -0.1) is 0 Å². The smallest absolute Gasteiger partial charge is 0.379 e. The Kier molecular flexibility index (Phi) is 4.15. The van der Waals surface area contributed by atoms with Gasteiger partial charge in [0.2, 0.25) is 11.5 Å². The molecular formula is C9H13F3N4O2. The zero-order valence-electron chi connectivity index (χ0n) is 9.86. The molecule has 0 saturated heterocycles. The first-order chi connectivity index (χ1) is 8.20. The van der Waals surface area contributed by atoms with Gasteiger partial charge in [-0.25, -0.2) is 4.63 Å². The lowest BCUT2D eigenvalue weighted by Gasteiger charge is -2.24. The number of aromatic nitrogens is 2. The van der Waals surface area contributed by atoms with Gasteiger partial charge >= 0.3 is 6.18 Å². The first kappa shape index (κ1) is 14.3. The molecule has 0 aliphatic rings. The van der Waals surface area contributed by atoms with Crippen LogP contribution in [0.2, 0.25) is 0 Å². The summed E-state index contributed by atoms with van der Waals surface area (Å²) in [4.78, 5) is 12.4. The van der Waals surface area contributed by atoms with Crippen LogP contribution in [0.5, 0.6) is 0 Å². The average Bonchev–Trinajstić information content (AvgIpc) is 2.59. The lowest BCUT2D eigenvalue weighted by atomic mass is 10.2. The highest BCUT2D eigenvalue weighted by Crippen LogP contribution is 2.19. The highest BCUT2D eigenvalue weighted by molar-refractivity contribution is 5.96. The standard InChI is InChI=1S/C9H13F3N4O2/c1-5(2)3-16(4-9(10,11)12)8(17)6-7(13)15-18-14-6/h5H,3-4H2,1-2H3,(H2,13,15). The van der Waals surface area contributed by atoms with E-state index in [1.165, 1.54) is 0 Å². The third-order valence-corrected chi connectivity index (χ3v) is 1.96. The van der Waals surface area contributed by atoms with E-state index in [-0.39, 0.29) is 18.3 Å². The molecule has 2 N–H and O–H groups in total. The molecule has 18 heavy (non-hydrogen) atoms. The van der Waals surface area contributed by atoms with Crippen LogP contribution in [0.4, 0.5) is 19.0 Å². The number of carbonyl (C=O) groups is 1. The number of nitrogens with zero attached hydrogens (tertiary/aromatic N) is 3. The van der Waals surface area contributed by atoms with E-state index in [1.54, 1.807) is 13.8 Å². The number of carbonyl (C=O) groups excluding carboxylic acids is 1. The first-order valence-corrected chi connectivity index (χ1v) is 5.14. The Morgan fingerprint density at radius 3 is 2.44 bits per heavy atom. The van der Waals surface area contributed by atoms with Crippen molar-refractivity contribution in [2.75, 3.05) is 18.8 Å². The van der Waals surface area contributed by atoms with Crippen molar-refractivity contribution in [3.05, 3.63) is 5.69 Å². The zero-order valence-corrected chi connectivity index (χ0v) is 9.86. The van der Waals surface area contributed by atoms with E-state index in [0.29, 0.717) is 4.90 Å². The topological polar surface area (TPSA) is 85.2 Å². The van der Waals surface area contributed by atoms with Gasteiger partial charge in [-0.1, -0.05) is 13.8 Å². The summed E-state index contributed by atoms with van der Waals surface area (Å²) < 4.78 is 41.3. The van der Waals surface area contributed by atoms with Gasteiger partial charge in [0.05, 0.1) is 0 Å². The molecule has 1 heterocycles. The van der Waals surface area contributed by atoms with Crippen molar-refractivity contribution in [1.29, 1.82) is 0 Å². The molecule has 0 atom stereocenters. The maximum atomic E-state index is 12.4. The van der Waals surface area contributed by atoms with Crippen molar-refractivity contribution in [2.45, 2.75) is 20.0 Å². The number of hydrogen-bond acceptors (Lipinski definition) is 5. The van der Waals surface area contributed by atoms with Crippen molar-refractivity contribution in [2.24, 2.45) is 5.92 Å². The lowest BCUT2D eigenvalue weighted by Crippen LogP contribution is -2.41. The summed E-state index contributed by atoms with van der Waals surface area (Å²) in [5, 5.41) is 6.36. The van der Waals surface area contributed by atoms with E-state index < -0.39 is 24.3 Å². The number of alkyl halides is 3. The molecule has 0 aliphatic heterocycles. The molecule has 0 fully saturated rings. The minimum absolute atomic E-state index is 0.0648. The molecule has 1 rings (SSSR count). The fourth-order valence-electron chi connectivity index (χ4n) is 1.37. The van der Waals surface area contributed by atoms with Gasteiger partial charge in [0, 0.05) is 6.54 Å². The van der Waals surface area contributed by atoms with E-state index in [4.69, 9.17) is 5.73 Å². The molecule has 0 spiro atoms. The van der Waals surface area contributed by atoms with Crippen molar-refractivity contribution < 1.29 is 22.6 Å². The van der Waals surface area contributed by atoms with Crippen LogP contribution in [0.15, 0.2) is 4.63 Å². The summed E-state index contributed by atoms with van der Waals surface area (Å²) in [6.07, 6.45) is -4.49. The van der Waals surface area contributed by atoms with Crippen LogP contribution in [-0.2, 0) is 0 Å². The molecule has 1 aromatic rings. The van der Waals surface area contributed by atoms with Gasteiger partial charge in [0.25, 0.3) is 5.91 Å². The van der Waals surface area contributed by atoms with Crippen LogP contribution in [0.25, 0.3) is 0 Å². The molecule has 6 nitrogen and oxygen atoms in total. The van der Waals surface area contributed by atoms with Crippen LogP contribution in [-0.4, -0.2) is 40.4 Å². The van der Waals surface area contributed by atoms with E-state index >= 15 is 0 Å². The molecule has 0 radical (unpaired) electrons. The fourth-order valence-corrected chi connectivity index (χ4v) is 1.37. The third kappa shape index (κ3) is 3.90. The van der Waals surface area contributed by atoms with Gasteiger partial charge in [-0.3, -0.25) is 4.79 Å². The number of halogens is 3. The normalized spacial score (nSPS) is 11.9. The van der Waals surface area contributed by atoms with Crippen molar-refractivity contribution in [1.82, 2.24) is 15.2 Å². The second-order valence-electron chi connectivity index (χ2n) is 4.19. The number of hydrogen-bond donors (Lipinski definition) is 1. The van der Waals surface area contributed by atoms with Gasteiger partial charge in [-0.05, 0) is 16.2 Å². The van der Waals surface area contributed by atoms with Crippen molar-refractivity contribution >= 4 is 11.7 Å². The van der Waals surface area contributed by atoms with Crippen LogP contribution < -0.4 is 5.73 Å². The van der Waals surface area contributed by atoms with Crippen molar-refractivity contribution in [3.63, 3.8) is 0 Å². The predicted octanol–water partition coefficient (Wildman–Crippen LogP) is 1.31. The lowest BCUT2D eigenvalue weighted by molar-refractivity contribution is -0.141. The van der Waals surface area contributed by atoms with Gasteiger partial charge in [0.1, 0.15) is 6.54 Å². The summed E-state index contributed by atoms with van der Waals surface area (Å²) in [6.45, 7) is 1.96. The van der Waals surface area contributed by atoms with Crippen LogP contribution in [0, 0.1) is 5.92 Å². The molecule has 1 aromatic heterocycles.